The summed E-state index contributed by atoms with van der Waals surface area (Å²) in [4.78, 5) is 26.4. The van der Waals surface area contributed by atoms with Gasteiger partial charge in [-0.05, 0) is 25.0 Å². The molecule has 1 aromatic heterocycles. The van der Waals surface area contributed by atoms with E-state index in [9.17, 15) is 9.59 Å². The predicted molar refractivity (Wildman–Crippen MR) is 78.2 cm³/mol. The van der Waals surface area contributed by atoms with E-state index in [1.54, 1.807) is 17.0 Å². The fraction of sp³-hybridized carbons (Fsp3) is 0.294. The molecule has 1 aromatic carbocycles. The maximum atomic E-state index is 12.4. The first-order chi connectivity index (χ1) is 10.3. The van der Waals surface area contributed by atoms with E-state index in [2.05, 4.69) is 0 Å². The molecule has 0 bridgehead atoms. The topological polar surface area (TPSA) is 50.5 Å². The predicted octanol–water partition coefficient (Wildman–Crippen LogP) is 3.16. The average Bonchev–Trinajstić information content (AvgIpc) is 3.19. The van der Waals surface area contributed by atoms with E-state index in [1.807, 2.05) is 30.3 Å². The Kier molecular flexibility index (Phi) is 3.86. The van der Waals surface area contributed by atoms with E-state index >= 15 is 0 Å². The number of carbonyl (C=O) groups is 2. The van der Waals surface area contributed by atoms with Crippen molar-refractivity contribution in [3.05, 3.63) is 60.1 Å². The van der Waals surface area contributed by atoms with Gasteiger partial charge in [0.2, 0.25) is 0 Å². The number of amides is 1. The Morgan fingerprint density at radius 2 is 1.95 bits per heavy atom. The van der Waals surface area contributed by atoms with Crippen LogP contribution in [0.1, 0.15) is 40.2 Å². The van der Waals surface area contributed by atoms with Gasteiger partial charge in [0.15, 0.2) is 11.5 Å². The minimum atomic E-state index is -0.122. The molecule has 4 heteroatoms. The molecule has 0 N–H and O–H groups in total. The summed E-state index contributed by atoms with van der Waals surface area (Å²) in [6, 6.07) is 12.6. The SMILES string of the molecule is O=C(C[C@H]1CCCN1C(=O)c1ccco1)c1ccccc1. The standard InChI is InChI=1S/C17H17NO3/c19-15(13-6-2-1-3-7-13)12-14-8-4-10-18(14)17(20)16-9-5-11-21-16/h1-3,5-7,9,11,14H,4,8,10,12H2/t14-/m1/s1. The molecule has 1 aliphatic heterocycles. The highest BCUT2D eigenvalue weighted by Gasteiger charge is 2.32. The van der Waals surface area contributed by atoms with Crippen LogP contribution < -0.4 is 0 Å². The summed E-state index contributed by atoms with van der Waals surface area (Å²) < 4.78 is 5.17. The Morgan fingerprint density at radius 3 is 2.67 bits per heavy atom. The number of nitrogens with zero attached hydrogens (tertiary/aromatic N) is 1. The van der Waals surface area contributed by atoms with Crippen molar-refractivity contribution in [3.63, 3.8) is 0 Å². The van der Waals surface area contributed by atoms with Crippen molar-refractivity contribution in [2.45, 2.75) is 25.3 Å². The third-order valence-corrected chi connectivity index (χ3v) is 3.89. The second-order valence-electron chi connectivity index (χ2n) is 5.27. The van der Waals surface area contributed by atoms with Gasteiger partial charge in [-0.3, -0.25) is 9.59 Å². The largest absolute Gasteiger partial charge is 0.459 e. The van der Waals surface area contributed by atoms with Crippen LogP contribution in [0.3, 0.4) is 0 Å². The normalized spacial score (nSPS) is 17.9. The number of benzene rings is 1. The molecular weight excluding hydrogens is 266 g/mol. The zero-order valence-electron chi connectivity index (χ0n) is 11.7. The second-order valence-corrected chi connectivity index (χ2v) is 5.27. The first-order valence-corrected chi connectivity index (χ1v) is 7.18. The van der Waals surface area contributed by atoms with Crippen molar-refractivity contribution >= 4 is 11.7 Å². The van der Waals surface area contributed by atoms with Gasteiger partial charge < -0.3 is 9.32 Å². The number of rotatable bonds is 4. The Labute approximate surface area is 123 Å². The maximum Gasteiger partial charge on any atom is 0.289 e. The van der Waals surface area contributed by atoms with Gasteiger partial charge in [-0.15, -0.1) is 0 Å². The number of furan rings is 1. The molecule has 0 saturated carbocycles. The molecule has 0 unspecified atom stereocenters. The molecule has 0 radical (unpaired) electrons. The van der Waals surface area contributed by atoms with Crippen molar-refractivity contribution in [1.82, 2.24) is 4.90 Å². The summed E-state index contributed by atoms with van der Waals surface area (Å²) in [5.41, 5.74) is 0.704. The van der Waals surface area contributed by atoms with Gasteiger partial charge in [0.1, 0.15) is 0 Å². The Balaban J connectivity index is 1.70. The van der Waals surface area contributed by atoms with Crippen LogP contribution in [-0.2, 0) is 0 Å². The van der Waals surface area contributed by atoms with Gasteiger partial charge in [0.25, 0.3) is 5.91 Å². The van der Waals surface area contributed by atoms with Crippen LogP contribution in [0.4, 0.5) is 0 Å². The molecule has 1 amide bonds. The lowest BCUT2D eigenvalue weighted by atomic mass is 10.0. The van der Waals surface area contributed by atoms with Gasteiger partial charge >= 0.3 is 0 Å². The van der Waals surface area contributed by atoms with Crippen molar-refractivity contribution in [2.24, 2.45) is 0 Å². The number of Topliss-reactive ketones (excluding diaryl/α,β-unsaturated/α-hetero) is 1. The summed E-state index contributed by atoms with van der Waals surface area (Å²) in [7, 11) is 0. The monoisotopic (exact) mass is 283 g/mol. The summed E-state index contributed by atoms with van der Waals surface area (Å²) >= 11 is 0. The average molecular weight is 283 g/mol. The van der Waals surface area contributed by atoms with E-state index in [0.29, 0.717) is 24.3 Å². The minimum absolute atomic E-state index is 0.0321. The van der Waals surface area contributed by atoms with E-state index in [0.717, 1.165) is 12.8 Å². The van der Waals surface area contributed by atoms with Gasteiger partial charge in [0.05, 0.1) is 6.26 Å². The molecule has 1 saturated heterocycles. The highest BCUT2D eigenvalue weighted by atomic mass is 16.3. The number of hydrogen-bond acceptors (Lipinski definition) is 3. The molecule has 0 aliphatic carbocycles. The maximum absolute atomic E-state index is 12.4. The summed E-state index contributed by atoms with van der Waals surface area (Å²) in [5.74, 6) is 0.303. The van der Waals surface area contributed by atoms with Crippen molar-refractivity contribution < 1.29 is 14.0 Å². The number of carbonyl (C=O) groups excluding carboxylic acids is 2. The molecule has 21 heavy (non-hydrogen) atoms. The smallest absolute Gasteiger partial charge is 0.289 e. The second kappa shape index (κ2) is 5.95. The van der Waals surface area contributed by atoms with E-state index < -0.39 is 0 Å². The van der Waals surface area contributed by atoms with Gasteiger partial charge in [-0.2, -0.15) is 0 Å². The van der Waals surface area contributed by atoms with Crippen LogP contribution in [0.2, 0.25) is 0 Å². The zero-order chi connectivity index (χ0) is 14.7. The summed E-state index contributed by atoms with van der Waals surface area (Å²) in [6.45, 7) is 0.687. The van der Waals surface area contributed by atoms with Crippen LogP contribution in [-0.4, -0.2) is 29.2 Å². The quantitative estimate of drug-likeness (QED) is 0.810. The van der Waals surface area contributed by atoms with Crippen LogP contribution in [0, 0.1) is 0 Å². The molecule has 4 nitrogen and oxygen atoms in total. The van der Waals surface area contributed by atoms with Crippen molar-refractivity contribution in [3.8, 4) is 0 Å². The van der Waals surface area contributed by atoms with E-state index in [4.69, 9.17) is 4.42 Å². The first-order valence-electron chi connectivity index (χ1n) is 7.18. The Morgan fingerprint density at radius 1 is 1.14 bits per heavy atom. The minimum Gasteiger partial charge on any atom is -0.459 e. The van der Waals surface area contributed by atoms with Crippen LogP contribution in [0.15, 0.2) is 53.1 Å². The highest BCUT2D eigenvalue weighted by molar-refractivity contribution is 5.97. The Bertz CT molecular complexity index is 619. The molecule has 2 heterocycles. The Hall–Kier alpha value is -2.36. The molecule has 1 atom stereocenters. The summed E-state index contributed by atoms with van der Waals surface area (Å²) in [5, 5.41) is 0. The molecule has 0 spiro atoms. The van der Waals surface area contributed by atoms with Crippen LogP contribution in [0.5, 0.6) is 0 Å². The molecule has 1 fully saturated rings. The van der Waals surface area contributed by atoms with E-state index in [-0.39, 0.29) is 17.7 Å². The third-order valence-electron chi connectivity index (χ3n) is 3.89. The lowest BCUT2D eigenvalue weighted by Crippen LogP contribution is -2.36. The van der Waals surface area contributed by atoms with E-state index in [1.165, 1.54) is 6.26 Å². The van der Waals surface area contributed by atoms with Gasteiger partial charge in [0, 0.05) is 24.6 Å². The lowest BCUT2D eigenvalue weighted by molar-refractivity contribution is 0.0687. The first kappa shape index (κ1) is 13.6. The zero-order valence-corrected chi connectivity index (χ0v) is 11.7. The fourth-order valence-electron chi connectivity index (χ4n) is 2.81. The molecular formula is C17H17NO3. The molecule has 108 valence electrons. The highest BCUT2D eigenvalue weighted by Crippen LogP contribution is 2.24. The van der Waals surface area contributed by atoms with Crippen molar-refractivity contribution in [2.75, 3.05) is 6.54 Å². The number of likely N-dealkylation sites (tertiary alicyclic amines) is 1. The fourth-order valence-corrected chi connectivity index (χ4v) is 2.81. The van der Waals surface area contributed by atoms with Crippen molar-refractivity contribution in [1.29, 1.82) is 0 Å². The van der Waals surface area contributed by atoms with Gasteiger partial charge in [-0.25, -0.2) is 0 Å². The molecule has 1 aliphatic rings. The van der Waals surface area contributed by atoms with Crippen LogP contribution in [0.25, 0.3) is 0 Å². The van der Waals surface area contributed by atoms with Crippen LogP contribution >= 0.6 is 0 Å². The summed E-state index contributed by atoms with van der Waals surface area (Å²) in [6.07, 6.45) is 3.66. The lowest BCUT2D eigenvalue weighted by Gasteiger charge is -2.23. The molecule has 2 aromatic rings. The van der Waals surface area contributed by atoms with Gasteiger partial charge in [-0.1, -0.05) is 30.3 Å². The number of ketones is 1. The molecule has 3 rings (SSSR count). The number of hydrogen-bond donors (Lipinski definition) is 0. The third kappa shape index (κ3) is 2.89.